The van der Waals surface area contributed by atoms with Crippen LogP contribution in [-0.2, 0) is 6.54 Å². The van der Waals surface area contributed by atoms with Crippen molar-refractivity contribution in [1.29, 1.82) is 0 Å². The van der Waals surface area contributed by atoms with Gasteiger partial charge in [0, 0.05) is 35.6 Å². The van der Waals surface area contributed by atoms with Crippen LogP contribution >= 0.6 is 0 Å². The number of rotatable bonds is 3. The topological polar surface area (TPSA) is 22.0 Å². The van der Waals surface area contributed by atoms with Gasteiger partial charge in [-0.15, -0.1) is 12.3 Å². The molecule has 0 bridgehead atoms. The normalized spacial score (nSPS) is 10.1. The summed E-state index contributed by atoms with van der Waals surface area (Å²) in [7, 11) is 0. The number of carbonyl (C=O) groups is 1. The Labute approximate surface area is 88.5 Å². The first kappa shape index (κ1) is 9.54. The van der Waals surface area contributed by atoms with Gasteiger partial charge in [0.2, 0.25) is 0 Å². The van der Waals surface area contributed by atoms with Gasteiger partial charge in [-0.2, -0.15) is 0 Å². The number of aldehydes is 1. The molecule has 2 aromatic rings. The summed E-state index contributed by atoms with van der Waals surface area (Å²) in [6.07, 6.45) is 8.80. The standard InChI is InChI=1S/C13H11NO/c1-2-3-7-14-8-6-12-9-11(10-15)4-5-13(12)14/h1,4-6,8-10H,3,7H2. The average molecular weight is 197 g/mol. The summed E-state index contributed by atoms with van der Waals surface area (Å²) in [6, 6.07) is 7.66. The van der Waals surface area contributed by atoms with Crippen molar-refractivity contribution in [1.82, 2.24) is 4.57 Å². The van der Waals surface area contributed by atoms with Crippen molar-refractivity contribution < 1.29 is 4.79 Å². The van der Waals surface area contributed by atoms with Gasteiger partial charge in [-0.25, -0.2) is 0 Å². The molecular weight excluding hydrogens is 186 g/mol. The van der Waals surface area contributed by atoms with Crippen molar-refractivity contribution in [3.63, 3.8) is 0 Å². The minimum absolute atomic E-state index is 0.706. The molecule has 0 aliphatic rings. The smallest absolute Gasteiger partial charge is 0.150 e. The highest BCUT2D eigenvalue weighted by atomic mass is 16.1. The molecule has 2 rings (SSSR count). The molecule has 0 saturated carbocycles. The van der Waals surface area contributed by atoms with Crippen molar-refractivity contribution in [2.24, 2.45) is 0 Å². The Bertz CT molecular complexity index is 531. The molecule has 0 aliphatic heterocycles. The van der Waals surface area contributed by atoms with Crippen molar-refractivity contribution in [3.05, 3.63) is 36.0 Å². The van der Waals surface area contributed by atoms with E-state index in [1.54, 1.807) is 0 Å². The van der Waals surface area contributed by atoms with Crippen LogP contribution < -0.4 is 0 Å². The van der Waals surface area contributed by atoms with E-state index in [4.69, 9.17) is 6.42 Å². The van der Waals surface area contributed by atoms with Crippen LogP contribution in [0.3, 0.4) is 0 Å². The molecule has 0 fully saturated rings. The Balaban J connectivity index is 2.43. The fourth-order valence-corrected chi connectivity index (χ4v) is 1.67. The predicted octanol–water partition coefficient (Wildman–Crippen LogP) is 2.48. The lowest BCUT2D eigenvalue weighted by molar-refractivity contribution is 0.112. The molecule has 2 heteroatoms. The largest absolute Gasteiger partial charge is 0.347 e. The van der Waals surface area contributed by atoms with Gasteiger partial charge < -0.3 is 4.57 Å². The Hall–Kier alpha value is -2.01. The zero-order valence-electron chi connectivity index (χ0n) is 8.31. The van der Waals surface area contributed by atoms with Gasteiger partial charge in [0.1, 0.15) is 6.29 Å². The minimum atomic E-state index is 0.706. The van der Waals surface area contributed by atoms with Crippen LogP contribution in [0.5, 0.6) is 0 Å². The van der Waals surface area contributed by atoms with Crippen molar-refractivity contribution in [2.75, 3.05) is 0 Å². The maximum atomic E-state index is 10.6. The molecule has 1 aromatic carbocycles. The molecule has 1 heterocycles. The van der Waals surface area contributed by atoms with Gasteiger partial charge >= 0.3 is 0 Å². The van der Waals surface area contributed by atoms with Crippen LogP contribution in [0.15, 0.2) is 30.5 Å². The van der Waals surface area contributed by atoms with Crippen LogP contribution in [0.1, 0.15) is 16.8 Å². The third-order valence-corrected chi connectivity index (χ3v) is 2.43. The Morgan fingerprint density at radius 1 is 1.40 bits per heavy atom. The highest BCUT2D eigenvalue weighted by Crippen LogP contribution is 2.17. The van der Waals surface area contributed by atoms with E-state index in [2.05, 4.69) is 10.5 Å². The molecule has 0 N–H and O–H groups in total. The molecular formula is C13H11NO. The van der Waals surface area contributed by atoms with E-state index >= 15 is 0 Å². The molecule has 1 aromatic heterocycles. The third kappa shape index (κ3) is 1.77. The quantitative estimate of drug-likeness (QED) is 0.547. The Kier molecular flexibility index (Phi) is 2.55. The van der Waals surface area contributed by atoms with Crippen LogP contribution in [0.4, 0.5) is 0 Å². The predicted molar refractivity (Wildman–Crippen MR) is 60.8 cm³/mol. The maximum absolute atomic E-state index is 10.6. The number of benzene rings is 1. The number of aryl methyl sites for hydroxylation is 1. The second-order valence-electron chi connectivity index (χ2n) is 3.40. The summed E-state index contributed by atoms with van der Waals surface area (Å²) in [5, 5.41) is 1.08. The SMILES string of the molecule is C#CCCn1ccc2cc(C=O)ccc21. The number of nitrogens with zero attached hydrogens (tertiary/aromatic N) is 1. The number of fused-ring (bicyclic) bond motifs is 1. The molecule has 0 atom stereocenters. The Morgan fingerprint density at radius 2 is 2.27 bits per heavy atom. The molecule has 0 spiro atoms. The lowest BCUT2D eigenvalue weighted by Gasteiger charge is -2.01. The summed E-state index contributed by atoms with van der Waals surface area (Å²) in [5.41, 5.74) is 1.83. The highest BCUT2D eigenvalue weighted by Gasteiger charge is 2.00. The summed E-state index contributed by atoms with van der Waals surface area (Å²) in [4.78, 5) is 10.6. The van der Waals surface area contributed by atoms with E-state index in [1.165, 1.54) is 0 Å². The van der Waals surface area contributed by atoms with Gasteiger partial charge in [0.15, 0.2) is 0 Å². The molecule has 0 aliphatic carbocycles. The van der Waals surface area contributed by atoms with E-state index < -0.39 is 0 Å². The van der Waals surface area contributed by atoms with Gasteiger partial charge in [-0.1, -0.05) is 0 Å². The van der Waals surface area contributed by atoms with Crippen LogP contribution in [0.25, 0.3) is 10.9 Å². The van der Waals surface area contributed by atoms with E-state index in [0.29, 0.717) is 5.56 Å². The molecule has 0 unspecified atom stereocenters. The van der Waals surface area contributed by atoms with Crippen molar-refractivity contribution >= 4 is 17.2 Å². The summed E-state index contributed by atoms with van der Waals surface area (Å²) >= 11 is 0. The second kappa shape index (κ2) is 4.02. The molecule has 15 heavy (non-hydrogen) atoms. The van der Waals surface area contributed by atoms with E-state index in [1.807, 2.05) is 30.5 Å². The van der Waals surface area contributed by atoms with Crippen LogP contribution in [-0.4, -0.2) is 10.9 Å². The molecule has 0 saturated heterocycles. The zero-order chi connectivity index (χ0) is 10.7. The monoisotopic (exact) mass is 197 g/mol. The first-order valence-electron chi connectivity index (χ1n) is 4.82. The summed E-state index contributed by atoms with van der Waals surface area (Å²) in [6.45, 7) is 0.820. The lowest BCUT2D eigenvalue weighted by atomic mass is 10.2. The summed E-state index contributed by atoms with van der Waals surface area (Å²) < 4.78 is 2.10. The fourth-order valence-electron chi connectivity index (χ4n) is 1.67. The van der Waals surface area contributed by atoms with E-state index in [9.17, 15) is 4.79 Å². The first-order chi connectivity index (χ1) is 7.35. The zero-order valence-corrected chi connectivity index (χ0v) is 8.31. The van der Waals surface area contributed by atoms with Gasteiger partial charge in [-0.3, -0.25) is 4.79 Å². The van der Waals surface area contributed by atoms with Crippen molar-refractivity contribution in [3.8, 4) is 12.3 Å². The van der Waals surface area contributed by atoms with Crippen LogP contribution in [0.2, 0.25) is 0 Å². The highest BCUT2D eigenvalue weighted by molar-refractivity contribution is 5.87. The fraction of sp³-hybridized carbons (Fsp3) is 0.154. The number of terminal acetylenes is 1. The minimum Gasteiger partial charge on any atom is -0.347 e. The summed E-state index contributed by atoms with van der Waals surface area (Å²) in [5.74, 6) is 2.62. The van der Waals surface area contributed by atoms with Crippen molar-refractivity contribution in [2.45, 2.75) is 13.0 Å². The molecule has 0 radical (unpaired) electrons. The van der Waals surface area contributed by atoms with Gasteiger partial charge in [0.25, 0.3) is 0 Å². The number of aromatic nitrogens is 1. The molecule has 0 amide bonds. The number of hydrogen-bond acceptors (Lipinski definition) is 1. The van der Waals surface area contributed by atoms with E-state index in [-0.39, 0.29) is 0 Å². The molecule has 2 nitrogen and oxygen atoms in total. The average Bonchev–Trinajstić information content (AvgIpc) is 2.68. The maximum Gasteiger partial charge on any atom is 0.150 e. The second-order valence-corrected chi connectivity index (χ2v) is 3.40. The third-order valence-electron chi connectivity index (χ3n) is 2.43. The number of carbonyl (C=O) groups excluding carboxylic acids is 1. The lowest BCUT2D eigenvalue weighted by Crippen LogP contribution is -1.94. The van der Waals surface area contributed by atoms with Gasteiger partial charge in [0.05, 0.1) is 0 Å². The Morgan fingerprint density at radius 3 is 3.00 bits per heavy atom. The first-order valence-corrected chi connectivity index (χ1v) is 4.82. The number of hydrogen-bond donors (Lipinski definition) is 0. The molecule has 74 valence electrons. The van der Waals surface area contributed by atoms with Crippen LogP contribution in [0, 0.1) is 12.3 Å². The van der Waals surface area contributed by atoms with E-state index in [0.717, 1.165) is 30.2 Å². The van der Waals surface area contributed by atoms with Gasteiger partial charge in [-0.05, 0) is 24.3 Å².